The van der Waals surface area contributed by atoms with Gasteiger partial charge in [-0.15, -0.1) is 0 Å². The molecule has 1 atom stereocenters. The average Bonchev–Trinajstić information content (AvgIpc) is 2.82. The summed E-state index contributed by atoms with van der Waals surface area (Å²) in [5, 5.41) is 13.8. The third kappa shape index (κ3) is 2.32. The second-order valence-corrected chi connectivity index (χ2v) is 5.95. The van der Waals surface area contributed by atoms with E-state index in [1.54, 1.807) is 37.6 Å². The van der Waals surface area contributed by atoms with Gasteiger partial charge in [-0.2, -0.15) is 5.10 Å². The minimum atomic E-state index is -0.969. The molecule has 1 aliphatic rings. The van der Waals surface area contributed by atoms with Gasteiger partial charge in [0.15, 0.2) is 0 Å². The van der Waals surface area contributed by atoms with Crippen molar-refractivity contribution in [2.45, 2.75) is 33.2 Å². The molecule has 1 amide bonds. The van der Waals surface area contributed by atoms with E-state index < -0.39 is 6.09 Å². The van der Waals surface area contributed by atoms with Crippen LogP contribution >= 0.6 is 0 Å². The van der Waals surface area contributed by atoms with Crippen molar-refractivity contribution in [3.8, 4) is 5.69 Å². The Hall–Kier alpha value is -2.57. The molecule has 3 rings (SSSR count). The van der Waals surface area contributed by atoms with E-state index in [1.807, 2.05) is 0 Å². The van der Waals surface area contributed by atoms with Gasteiger partial charge in [0.2, 0.25) is 0 Å². The van der Waals surface area contributed by atoms with Gasteiger partial charge in [-0.05, 0) is 44.0 Å². The Balaban J connectivity index is 2.11. The number of nitrogens with two attached hydrogens (primary N) is 1. The molecule has 1 aliphatic heterocycles. The lowest BCUT2D eigenvalue weighted by Crippen LogP contribution is -2.37. The number of nitrogens with zero attached hydrogens (tertiary/aromatic N) is 3. The molecule has 23 heavy (non-hydrogen) atoms. The highest BCUT2D eigenvalue weighted by molar-refractivity contribution is 5.67. The van der Waals surface area contributed by atoms with E-state index in [-0.39, 0.29) is 11.9 Å². The molecule has 2 heterocycles. The fourth-order valence-corrected chi connectivity index (χ4v) is 3.21. The summed E-state index contributed by atoms with van der Waals surface area (Å²) in [7, 11) is 0. The van der Waals surface area contributed by atoms with Gasteiger partial charge >= 0.3 is 6.09 Å². The van der Waals surface area contributed by atoms with Crippen molar-refractivity contribution in [3.63, 3.8) is 0 Å². The van der Waals surface area contributed by atoms with E-state index in [0.29, 0.717) is 35.6 Å². The van der Waals surface area contributed by atoms with Crippen LogP contribution in [-0.4, -0.2) is 32.4 Å². The van der Waals surface area contributed by atoms with Gasteiger partial charge in [-0.25, -0.2) is 13.9 Å². The highest BCUT2D eigenvalue weighted by atomic mass is 19.1. The SMILES string of the molecule is Cc1cc(-n2nc3c(c2N)C(C)N(C(=O)O)CC3)cc(C)c1F. The van der Waals surface area contributed by atoms with Crippen molar-refractivity contribution in [3.05, 3.63) is 40.3 Å². The molecule has 6 nitrogen and oxygen atoms in total. The zero-order valence-electron chi connectivity index (χ0n) is 13.3. The molecule has 0 saturated heterocycles. The molecule has 7 heteroatoms. The van der Waals surface area contributed by atoms with Crippen molar-refractivity contribution in [1.82, 2.24) is 14.7 Å². The Morgan fingerprint density at radius 1 is 1.39 bits per heavy atom. The Morgan fingerprint density at radius 3 is 2.57 bits per heavy atom. The first-order valence-corrected chi connectivity index (χ1v) is 7.45. The number of carbonyl (C=O) groups is 1. The summed E-state index contributed by atoms with van der Waals surface area (Å²) in [6.45, 7) is 5.58. The molecule has 1 aromatic heterocycles. The molecule has 122 valence electrons. The van der Waals surface area contributed by atoms with Gasteiger partial charge in [0.1, 0.15) is 11.6 Å². The monoisotopic (exact) mass is 318 g/mol. The molecule has 2 aromatic rings. The first kappa shape index (κ1) is 15.3. The largest absolute Gasteiger partial charge is 0.465 e. The van der Waals surface area contributed by atoms with E-state index in [9.17, 15) is 14.3 Å². The quantitative estimate of drug-likeness (QED) is 0.847. The number of anilines is 1. The summed E-state index contributed by atoms with van der Waals surface area (Å²) in [5.41, 5.74) is 9.49. The van der Waals surface area contributed by atoms with Crippen LogP contribution in [0.4, 0.5) is 15.0 Å². The van der Waals surface area contributed by atoms with Crippen LogP contribution in [-0.2, 0) is 6.42 Å². The summed E-state index contributed by atoms with van der Waals surface area (Å²) < 4.78 is 15.4. The molecular weight excluding hydrogens is 299 g/mol. The fourth-order valence-electron chi connectivity index (χ4n) is 3.21. The number of halogens is 1. The molecule has 0 saturated carbocycles. The summed E-state index contributed by atoms with van der Waals surface area (Å²) in [4.78, 5) is 12.7. The highest BCUT2D eigenvalue weighted by Crippen LogP contribution is 2.35. The lowest BCUT2D eigenvalue weighted by Gasteiger charge is -2.30. The molecule has 1 unspecified atom stereocenters. The zero-order chi connectivity index (χ0) is 16.9. The van der Waals surface area contributed by atoms with Gasteiger partial charge < -0.3 is 15.7 Å². The first-order valence-electron chi connectivity index (χ1n) is 7.45. The fraction of sp³-hybridized carbons (Fsp3) is 0.375. The number of amides is 1. The third-order valence-electron chi connectivity index (χ3n) is 4.42. The summed E-state index contributed by atoms with van der Waals surface area (Å²) in [5.74, 6) is 0.165. The van der Waals surface area contributed by atoms with Crippen LogP contribution in [0.5, 0.6) is 0 Å². The number of carboxylic acid groups (broad SMARTS) is 1. The van der Waals surface area contributed by atoms with Crippen LogP contribution in [0.15, 0.2) is 12.1 Å². The van der Waals surface area contributed by atoms with E-state index in [2.05, 4.69) is 5.10 Å². The lowest BCUT2D eigenvalue weighted by atomic mass is 10.0. The number of hydrogen-bond donors (Lipinski definition) is 2. The number of fused-ring (bicyclic) bond motifs is 1. The van der Waals surface area contributed by atoms with Crippen LogP contribution < -0.4 is 5.73 Å². The van der Waals surface area contributed by atoms with Crippen molar-refractivity contribution in [2.24, 2.45) is 0 Å². The maximum absolute atomic E-state index is 13.8. The third-order valence-corrected chi connectivity index (χ3v) is 4.42. The second-order valence-electron chi connectivity index (χ2n) is 5.95. The number of hydrogen-bond acceptors (Lipinski definition) is 3. The topological polar surface area (TPSA) is 84.4 Å². The van der Waals surface area contributed by atoms with Crippen molar-refractivity contribution < 1.29 is 14.3 Å². The van der Waals surface area contributed by atoms with Crippen LogP contribution in [0.3, 0.4) is 0 Å². The van der Waals surface area contributed by atoms with Gasteiger partial charge in [-0.3, -0.25) is 0 Å². The standard InChI is InChI=1S/C16H19FN4O2/c1-8-6-11(7-9(2)14(8)17)21-15(18)13-10(3)20(16(22)23)5-4-12(13)19-21/h6-7,10H,4-5,18H2,1-3H3,(H,22,23). The molecule has 0 bridgehead atoms. The van der Waals surface area contributed by atoms with E-state index >= 15 is 0 Å². The zero-order valence-corrected chi connectivity index (χ0v) is 13.3. The van der Waals surface area contributed by atoms with Gasteiger partial charge in [0, 0.05) is 18.5 Å². The van der Waals surface area contributed by atoms with Crippen LogP contribution in [0.25, 0.3) is 5.69 Å². The number of nitrogen functional groups attached to an aromatic ring is 1. The Bertz CT molecular complexity index is 777. The molecule has 0 aliphatic carbocycles. The van der Waals surface area contributed by atoms with Crippen molar-refractivity contribution in [1.29, 1.82) is 0 Å². The van der Waals surface area contributed by atoms with E-state index in [0.717, 1.165) is 11.3 Å². The summed E-state index contributed by atoms with van der Waals surface area (Å²) in [6.07, 6.45) is -0.453. The predicted octanol–water partition coefficient (Wildman–Crippen LogP) is 2.81. The smallest absolute Gasteiger partial charge is 0.407 e. The molecule has 0 radical (unpaired) electrons. The van der Waals surface area contributed by atoms with E-state index in [4.69, 9.17) is 5.73 Å². The number of aromatic nitrogens is 2. The van der Waals surface area contributed by atoms with Gasteiger partial charge in [0.25, 0.3) is 0 Å². The maximum atomic E-state index is 13.8. The average molecular weight is 318 g/mol. The van der Waals surface area contributed by atoms with E-state index in [1.165, 1.54) is 4.90 Å². The second kappa shape index (κ2) is 5.26. The summed E-state index contributed by atoms with van der Waals surface area (Å²) >= 11 is 0. The Labute approximate surface area is 133 Å². The lowest BCUT2D eigenvalue weighted by molar-refractivity contribution is 0.124. The highest BCUT2D eigenvalue weighted by Gasteiger charge is 2.32. The number of benzene rings is 1. The van der Waals surface area contributed by atoms with Crippen molar-refractivity contribution >= 4 is 11.9 Å². The molecule has 1 aromatic carbocycles. The van der Waals surface area contributed by atoms with Gasteiger partial charge in [0.05, 0.1) is 17.4 Å². The van der Waals surface area contributed by atoms with Gasteiger partial charge in [-0.1, -0.05) is 0 Å². The number of aryl methyl sites for hydroxylation is 2. The molecule has 0 fully saturated rings. The maximum Gasteiger partial charge on any atom is 0.407 e. The predicted molar refractivity (Wildman–Crippen MR) is 84.3 cm³/mol. The van der Waals surface area contributed by atoms with Crippen LogP contribution in [0.2, 0.25) is 0 Å². The molecular formula is C16H19FN4O2. The van der Waals surface area contributed by atoms with Crippen LogP contribution in [0, 0.1) is 19.7 Å². The Morgan fingerprint density at radius 2 is 2.00 bits per heavy atom. The summed E-state index contributed by atoms with van der Waals surface area (Å²) in [6, 6.07) is 3.03. The molecule has 3 N–H and O–H groups in total. The van der Waals surface area contributed by atoms with Crippen LogP contribution in [0.1, 0.15) is 35.3 Å². The normalized spacial score (nSPS) is 17.2. The first-order chi connectivity index (χ1) is 10.8. The number of rotatable bonds is 1. The van der Waals surface area contributed by atoms with Crippen molar-refractivity contribution in [2.75, 3.05) is 12.3 Å². The minimum absolute atomic E-state index is 0.241. The minimum Gasteiger partial charge on any atom is -0.465 e. The Kier molecular flexibility index (Phi) is 3.50. The molecule has 0 spiro atoms.